The third-order valence-corrected chi connectivity index (χ3v) is 35.0. The molecule has 8 nitrogen and oxygen atoms in total. The number of thiol groups is 1. The molecule has 1 radical (unpaired) electrons. The van der Waals surface area contributed by atoms with E-state index in [2.05, 4.69) is 134 Å². The second-order valence-electron chi connectivity index (χ2n) is 40.3. The van der Waals surface area contributed by atoms with Crippen molar-refractivity contribution >= 4 is 102 Å². The zero-order valence-electron chi connectivity index (χ0n) is 72.4. The number of ketones is 1. The summed E-state index contributed by atoms with van der Waals surface area (Å²) in [6.45, 7) is 31.6. The largest absolute Gasteiger partial charge is 1.00 e. The van der Waals surface area contributed by atoms with E-state index in [-0.39, 0.29) is 75.1 Å². The predicted octanol–water partition coefficient (Wildman–Crippen LogP) is 19.9. The van der Waals surface area contributed by atoms with Gasteiger partial charge in [0.05, 0.1) is 52.7 Å². The van der Waals surface area contributed by atoms with Gasteiger partial charge in [-0.1, -0.05) is 70.1 Å². The van der Waals surface area contributed by atoms with Crippen LogP contribution in [0.3, 0.4) is 0 Å². The van der Waals surface area contributed by atoms with Crippen LogP contribution in [0.15, 0.2) is 34.9 Å². The molecule has 1 spiro atoms. The summed E-state index contributed by atoms with van der Waals surface area (Å²) in [5.41, 5.74) is 7.82. The number of fused-ring (bicyclic) bond motifs is 20. The third-order valence-electron chi connectivity index (χ3n) is 35.0. The molecule has 0 bridgehead atoms. The van der Waals surface area contributed by atoms with E-state index in [1.165, 1.54) is 198 Å². The Hall–Kier alpha value is 2.00. The molecule has 633 valence electrons. The number of hydrogen-bond acceptors (Lipinski definition) is 12. The summed E-state index contributed by atoms with van der Waals surface area (Å²) in [7, 11) is -1.42. The van der Waals surface area contributed by atoms with E-state index in [0.717, 1.165) is 164 Å². The number of halogens is 2. The molecule has 0 aromatic carbocycles. The second-order valence-corrected chi connectivity index (χ2v) is 44.7. The van der Waals surface area contributed by atoms with Gasteiger partial charge in [0.25, 0.3) is 0 Å². The minimum Gasteiger partial charge on any atom is -1.00 e. The first-order valence-corrected chi connectivity index (χ1v) is 49.6. The van der Waals surface area contributed by atoms with Gasteiger partial charge >= 0.3 is 91.6 Å². The van der Waals surface area contributed by atoms with Crippen molar-refractivity contribution in [3.8, 4) is 0 Å². The molecule has 1 heterocycles. The number of allylic oxidation sites excluding steroid dienone is 6. The minimum atomic E-state index is -1.42. The molecule has 17 rings (SSSR count). The minimum absolute atomic E-state index is 0. The van der Waals surface area contributed by atoms with Crippen molar-refractivity contribution in [2.45, 2.75) is 331 Å². The van der Waals surface area contributed by atoms with Gasteiger partial charge in [-0.15, -0.1) is 4.21 Å². The molecule has 112 heavy (non-hydrogen) atoms. The molecule has 16 aliphatic carbocycles. The van der Waals surface area contributed by atoms with E-state index >= 15 is 0 Å². The fourth-order valence-corrected chi connectivity index (χ4v) is 30.5. The number of rotatable bonds is 7. The van der Waals surface area contributed by atoms with Gasteiger partial charge in [-0.25, -0.2) is 0 Å². The third kappa shape index (κ3) is 23.0. The predicted molar refractivity (Wildman–Crippen MR) is 479 cm³/mol. The monoisotopic (exact) mass is 2000 g/mol. The topological polar surface area (TPSA) is 126 Å². The second kappa shape index (κ2) is 45.2. The van der Waals surface area contributed by atoms with Crippen molar-refractivity contribution in [2.24, 2.45) is 146 Å². The molecule has 16 saturated carbocycles. The summed E-state index contributed by atoms with van der Waals surface area (Å²) >= 11 is 18.7. The SMILES string of the molecule is C.CC=C1CC[C@H]2[C@@H]3CC[C@H]4CC(=O)CC[C@@H]4[C@H]3CC[C@]12C.CC=C1CC[C@H]2[C@@H]3CC[C@H]4CC5(CC[C@@H]4[C@H]3CC[C@]12C)CO5.CC=C1CC[C@H]2[C@@H]3CC[C@H]4C[C@@](O)(COCC)CC[C@@H]4[C@H]3CC[C@]12C.CCOC[C@@]1(O)CC[C@H]2[C@@H](CC[C@@H]3[C@@H]2CC[C@]2(C)C(C(C)O)CC[C@@H]32)C1.C[S+](C)(C)=O.FB=S.S=BS.[3H]B=S.[B]=S.[I-].[U]. The van der Waals surface area contributed by atoms with Crippen LogP contribution in [0.1, 0.15) is 308 Å². The number of Topliss-reactive ketones (excluding diaryl/α,β-unsaturated/α-hetero) is 1. The molecule has 0 aromatic heterocycles. The van der Waals surface area contributed by atoms with Gasteiger partial charge in [0, 0.05) is 57.2 Å². The normalized spacial score (nSPS) is 45.4. The van der Waals surface area contributed by atoms with Crippen LogP contribution in [0.25, 0.3) is 0 Å². The van der Waals surface area contributed by atoms with Gasteiger partial charge < -0.3 is 53.5 Å². The van der Waals surface area contributed by atoms with Crippen LogP contribution < -0.4 is 24.0 Å². The van der Waals surface area contributed by atoms with Gasteiger partial charge in [0.2, 0.25) is 0 Å². The van der Waals surface area contributed by atoms with Crippen LogP contribution in [0.4, 0.5) is 4.32 Å². The Kier molecular flexibility index (Phi) is 40.8. The molecule has 21 heteroatoms. The summed E-state index contributed by atoms with van der Waals surface area (Å²) in [5, 5.41) is 32.3. The number of aliphatic hydroxyl groups is 3. The Morgan fingerprint density at radius 1 is 0.571 bits per heavy atom. The summed E-state index contributed by atoms with van der Waals surface area (Å²) in [5.74, 6) is 19.3. The molecule has 1 saturated heterocycles. The van der Waals surface area contributed by atoms with Gasteiger partial charge in [-0.3, -0.25) is 4.79 Å². The van der Waals surface area contributed by atoms with Crippen molar-refractivity contribution in [3.63, 3.8) is 0 Å². The number of hydrogen-bond donors (Lipinski definition) is 4. The molecule has 17 aliphatic rings. The van der Waals surface area contributed by atoms with Crippen LogP contribution in [-0.2, 0) is 33.1 Å². The first kappa shape index (κ1) is 101. The van der Waals surface area contributed by atoms with E-state index in [9.17, 15) is 28.6 Å². The van der Waals surface area contributed by atoms with E-state index in [1.54, 1.807) is 35.5 Å². The molecule has 1 aliphatic heterocycles. The number of carbonyl (C=O) groups excluding carboxylic acids is 1. The van der Waals surface area contributed by atoms with E-state index < -0.39 is 21.1 Å². The molecule has 0 amide bonds. The molecule has 3 unspecified atom stereocenters. The standard InChI is InChI=1S/C23H40O3.C23H38O2.C21H32O.C20H30O.C3H9OS.CH4.BFS.BHS2.BHS.BS.HI.U/c1-4-26-14-23(25)12-10-17-16(13-23)5-6-19-18(17)9-11-22(3)20(15(2)24)7-8-21(19)22;1-4-17-7-9-21-20-8-6-16-14-23(24,15-25-5-2)13-11-18(16)19(20)10-12-22(17,21)3;1-3-15-5-7-19-18-6-4-14-12-21(13-22-21)11-9-16(14)17(18)8-10-20(15,19)2;1-3-14-5-9-19-18-7-4-13-12-15(21)6-8-16(13)17(18)10-11-20(14,19)2;1-5(2,3)4;;2*2-1-3;2*1-2;;/h15-21,24-25H,4-14H2,1-3H3;4,16,18-21,24H,5-15H2,1-3H3;3,14,16-19H,4-13H2,1-2H3;3,13,16-19H,4-12H2,1-2H3;1-3H3;1H4;;2H;1H;;1H;/q;;;;+1;;;;;;;/p-1/t15?,16-,17-,18+,19+,20?,21-,22+,23+;16-,18-,19+,20+,21-,22+,23+;14-,16-,17+,18+,19-,20+,21?;13-,16-,17+,18+,19-,20+;;;;;;;;/m0000......../s1/i;;;;;;;;1T;;;. The van der Waals surface area contributed by atoms with Crippen molar-refractivity contribution in [3.05, 3.63) is 34.9 Å². The van der Waals surface area contributed by atoms with Crippen LogP contribution in [0.2, 0.25) is 0 Å². The van der Waals surface area contributed by atoms with Crippen molar-refractivity contribution in [1.29, 1.82) is 1.34 Å². The molecule has 3 N–H and O–H groups in total. The van der Waals surface area contributed by atoms with Crippen molar-refractivity contribution < 1.29 is 97.9 Å². The molecule has 29 atom stereocenters. The molecular weight excluding hydrogens is 1840 g/mol. The van der Waals surface area contributed by atoms with Crippen LogP contribution in [-0.4, -0.2) is 122 Å². The summed E-state index contributed by atoms with van der Waals surface area (Å²) in [6, 6.07) is 0. The maximum atomic E-state index is 11.8. The Labute approximate surface area is 757 Å². The number of epoxide rings is 1. The maximum absolute atomic E-state index is 11.8. The summed E-state index contributed by atoms with van der Waals surface area (Å²) in [6.07, 6.45) is 59.5. The Morgan fingerprint density at radius 2 is 0.893 bits per heavy atom. The first-order chi connectivity index (χ1) is 52.4. The van der Waals surface area contributed by atoms with Gasteiger partial charge in [-0.05, 0) is 406 Å². The van der Waals surface area contributed by atoms with E-state index in [1.807, 2.05) is 20.8 Å². The summed E-state index contributed by atoms with van der Waals surface area (Å²) in [4.78, 5) is 11.8. The van der Waals surface area contributed by atoms with Gasteiger partial charge in [-0.2, -0.15) is 0 Å². The maximum Gasteiger partial charge on any atom is 0 e. The van der Waals surface area contributed by atoms with Crippen LogP contribution >= 0.6 is 60.7 Å². The molecular formula is C91H155B4FIO8S6U. The average Bonchev–Trinajstić information content (AvgIpc) is 1.63. The zero-order valence-corrected chi connectivity index (χ0v) is 82.7. The van der Waals surface area contributed by atoms with Crippen LogP contribution in [0, 0.1) is 177 Å². The number of ether oxygens (including phenoxy) is 3. The van der Waals surface area contributed by atoms with E-state index in [0.29, 0.717) is 71.3 Å². The Morgan fingerprint density at radius 3 is 1.24 bits per heavy atom. The van der Waals surface area contributed by atoms with Gasteiger partial charge in [0.15, 0.2) is 0 Å². The summed E-state index contributed by atoms with van der Waals surface area (Å²) < 4.78 is 43.1. The average molecular weight is 2000 g/mol. The van der Waals surface area contributed by atoms with Crippen molar-refractivity contribution in [2.75, 3.05) is 51.8 Å². The number of aliphatic hydroxyl groups excluding tert-OH is 1. The first-order valence-electron chi connectivity index (χ1n) is 45.0. The van der Waals surface area contributed by atoms with E-state index in [4.69, 9.17) is 15.5 Å². The fourth-order valence-electron chi connectivity index (χ4n) is 30.5. The van der Waals surface area contributed by atoms with Gasteiger partial charge in [0.1, 0.15) is 24.6 Å². The Balaban J connectivity index is 0.000000219. The smallest absolute Gasteiger partial charge is 0 e. The molecule has 17 fully saturated rings. The number of carbonyl (C=O) groups is 1. The molecule has 0 aromatic rings. The zero-order chi connectivity index (χ0) is 80.4. The quantitative estimate of drug-likeness (QED) is 0.0484. The fraction of sp³-hybridized carbons (Fsp3) is 0.923. The van der Waals surface area contributed by atoms with Crippen molar-refractivity contribution in [1.82, 2.24) is 0 Å². The van der Waals surface area contributed by atoms with Crippen LogP contribution in [0.5, 0.6) is 0 Å². The Bertz CT molecular complexity index is 3150.